The number of imide groups is 1. The average molecular weight is 465 g/mol. The van der Waals surface area contributed by atoms with Crippen molar-refractivity contribution in [2.45, 2.75) is 13.2 Å². The summed E-state index contributed by atoms with van der Waals surface area (Å²) in [5, 5.41) is 0. The second kappa shape index (κ2) is 9.74. The minimum atomic E-state index is -3.00. The van der Waals surface area contributed by atoms with Gasteiger partial charge in [-0.05, 0) is 53.1 Å². The highest BCUT2D eigenvalue weighted by Crippen LogP contribution is 2.34. The summed E-state index contributed by atoms with van der Waals surface area (Å²) in [7, 11) is 2.89. The molecule has 1 aliphatic rings. The molecule has 3 aromatic carbocycles. The third kappa shape index (κ3) is 4.61. The summed E-state index contributed by atoms with van der Waals surface area (Å²) < 4.78 is 40.1. The summed E-state index contributed by atoms with van der Waals surface area (Å²) >= 11 is 0. The van der Waals surface area contributed by atoms with E-state index in [1.165, 1.54) is 30.2 Å². The van der Waals surface area contributed by atoms with Crippen molar-refractivity contribution in [3.05, 3.63) is 89.0 Å². The van der Waals surface area contributed by atoms with E-state index in [1.807, 2.05) is 0 Å². The Kier molecular flexibility index (Phi) is 6.58. The quantitative estimate of drug-likeness (QED) is 0.362. The molecule has 174 valence electrons. The van der Waals surface area contributed by atoms with Crippen LogP contribution in [0.3, 0.4) is 0 Å². The van der Waals surface area contributed by atoms with Crippen LogP contribution in [0.1, 0.15) is 27.0 Å². The molecule has 0 fully saturated rings. The highest BCUT2D eigenvalue weighted by Gasteiger charge is 2.34. The number of hydrogen-bond acceptors (Lipinski definition) is 5. The summed E-state index contributed by atoms with van der Waals surface area (Å²) in [5.41, 5.74) is 2.47. The number of alkyl halides is 2. The number of benzene rings is 3. The predicted octanol–water partition coefficient (Wildman–Crippen LogP) is 5.03. The number of rotatable bonds is 7. The molecule has 1 aliphatic heterocycles. The van der Waals surface area contributed by atoms with Gasteiger partial charge >= 0.3 is 6.61 Å². The Bertz CT molecular complexity index is 1250. The number of carbonyl (C=O) groups excluding carboxylic acids is 2. The lowest BCUT2D eigenvalue weighted by Gasteiger charge is -2.29. The number of nitrogens with zero attached hydrogens (tertiary/aromatic N) is 1. The third-order valence-corrected chi connectivity index (χ3v) is 5.38. The molecule has 0 aliphatic carbocycles. The van der Waals surface area contributed by atoms with E-state index >= 15 is 0 Å². The second-order valence-electron chi connectivity index (χ2n) is 7.44. The summed E-state index contributed by atoms with van der Waals surface area (Å²) in [6.07, 6.45) is 1.60. The van der Waals surface area contributed by atoms with Gasteiger partial charge in [0.1, 0.15) is 5.75 Å². The maximum Gasteiger partial charge on any atom is 0.387 e. The van der Waals surface area contributed by atoms with Crippen molar-refractivity contribution in [3.8, 4) is 17.2 Å². The first kappa shape index (κ1) is 23.0. The maximum atomic E-state index is 13.5. The lowest BCUT2D eigenvalue weighted by Crippen LogP contribution is -2.41. The smallest absolute Gasteiger partial charge is 0.387 e. The van der Waals surface area contributed by atoms with E-state index in [0.717, 1.165) is 5.56 Å². The van der Waals surface area contributed by atoms with Crippen LogP contribution >= 0.6 is 0 Å². The van der Waals surface area contributed by atoms with E-state index in [9.17, 15) is 18.4 Å². The van der Waals surface area contributed by atoms with Gasteiger partial charge in [0.15, 0.2) is 11.5 Å². The number of amides is 2. The van der Waals surface area contributed by atoms with Gasteiger partial charge in [-0.1, -0.05) is 36.4 Å². The van der Waals surface area contributed by atoms with E-state index in [-0.39, 0.29) is 18.0 Å². The standard InChI is InChI=1S/C26H21F2NO5/c1-32-18-10-7-16(8-11-18)15-29-24(30)20-6-4-3-5-19(20)21(25(29)31)13-17-9-12-22(34-26(27)28)23(14-17)33-2/h3-14,26H,15H2,1-2H3. The molecule has 0 aromatic heterocycles. The first-order valence-electron chi connectivity index (χ1n) is 10.3. The molecule has 0 saturated heterocycles. The van der Waals surface area contributed by atoms with Crippen molar-refractivity contribution in [3.63, 3.8) is 0 Å². The molecular weight excluding hydrogens is 444 g/mol. The van der Waals surface area contributed by atoms with Crippen molar-refractivity contribution in [2.24, 2.45) is 0 Å². The Morgan fingerprint density at radius 1 is 0.853 bits per heavy atom. The Hall–Kier alpha value is -4.20. The molecule has 0 spiro atoms. The van der Waals surface area contributed by atoms with Gasteiger partial charge in [-0.25, -0.2) is 0 Å². The van der Waals surface area contributed by atoms with Crippen LogP contribution in [-0.4, -0.2) is 37.5 Å². The molecule has 0 N–H and O–H groups in total. The zero-order valence-corrected chi connectivity index (χ0v) is 18.5. The minimum absolute atomic E-state index is 0.0812. The molecule has 1 heterocycles. The van der Waals surface area contributed by atoms with Crippen LogP contribution < -0.4 is 14.2 Å². The molecule has 8 heteroatoms. The van der Waals surface area contributed by atoms with Crippen LogP contribution in [-0.2, 0) is 11.3 Å². The van der Waals surface area contributed by atoms with E-state index < -0.39 is 18.4 Å². The fraction of sp³-hybridized carbons (Fsp3) is 0.154. The minimum Gasteiger partial charge on any atom is -0.497 e. The Balaban J connectivity index is 1.73. The summed E-state index contributed by atoms with van der Waals surface area (Å²) in [5.74, 6) is -0.221. The van der Waals surface area contributed by atoms with Crippen LogP contribution in [0, 0.1) is 0 Å². The van der Waals surface area contributed by atoms with Gasteiger partial charge in [0.2, 0.25) is 0 Å². The Morgan fingerprint density at radius 3 is 2.21 bits per heavy atom. The van der Waals surface area contributed by atoms with E-state index in [0.29, 0.717) is 28.0 Å². The second-order valence-corrected chi connectivity index (χ2v) is 7.44. The van der Waals surface area contributed by atoms with Gasteiger partial charge in [0.05, 0.1) is 20.8 Å². The lowest BCUT2D eigenvalue weighted by atomic mass is 9.91. The molecule has 2 amide bonds. The van der Waals surface area contributed by atoms with Crippen molar-refractivity contribution in [1.29, 1.82) is 0 Å². The molecule has 0 atom stereocenters. The van der Waals surface area contributed by atoms with E-state index in [4.69, 9.17) is 9.47 Å². The van der Waals surface area contributed by atoms with Crippen molar-refractivity contribution in [1.82, 2.24) is 4.90 Å². The third-order valence-electron chi connectivity index (χ3n) is 5.38. The number of hydrogen-bond donors (Lipinski definition) is 0. The highest BCUT2D eigenvalue weighted by molar-refractivity contribution is 6.33. The van der Waals surface area contributed by atoms with E-state index in [2.05, 4.69) is 4.74 Å². The van der Waals surface area contributed by atoms with Gasteiger partial charge in [-0.3, -0.25) is 14.5 Å². The lowest BCUT2D eigenvalue weighted by molar-refractivity contribution is -0.123. The Morgan fingerprint density at radius 2 is 1.56 bits per heavy atom. The van der Waals surface area contributed by atoms with Gasteiger partial charge < -0.3 is 14.2 Å². The van der Waals surface area contributed by atoms with Crippen molar-refractivity contribution < 1.29 is 32.6 Å². The first-order chi connectivity index (χ1) is 16.4. The predicted molar refractivity (Wildman–Crippen MR) is 122 cm³/mol. The molecule has 0 bridgehead atoms. The van der Waals surface area contributed by atoms with E-state index in [1.54, 1.807) is 61.7 Å². The zero-order chi connectivity index (χ0) is 24.2. The first-order valence-corrected chi connectivity index (χ1v) is 10.3. The fourth-order valence-electron chi connectivity index (χ4n) is 3.73. The van der Waals surface area contributed by atoms with Gasteiger partial charge in [-0.2, -0.15) is 8.78 Å². The van der Waals surface area contributed by atoms with Gasteiger partial charge in [0.25, 0.3) is 11.8 Å². The van der Waals surface area contributed by atoms with Gasteiger partial charge in [0, 0.05) is 11.1 Å². The van der Waals surface area contributed by atoms with Crippen LogP contribution in [0.5, 0.6) is 17.2 Å². The molecule has 3 aromatic rings. The SMILES string of the molecule is COc1ccc(CN2C(=O)C(=Cc3ccc(OC(F)F)c(OC)c3)c3ccccc3C2=O)cc1. The molecule has 4 rings (SSSR count). The number of halogens is 2. The fourth-order valence-corrected chi connectivity index (χ4v) is 3.73. The van der Waals surface area contributed by atoms with Crippen LogP contribution in [0.15, 0.2) is 66.7 Å². The van der Waals surface area contributed by atoms with Crippen molar-refractivity contribution >= 4 is 23.5 Å². The molecule has 0 unspecified atom stereocenters. The monoisotopic (exact) mass is 465 g/mol. The molecule has 6 nitrogen and oxygen atoms in total. The highest BCUT2D eigenvalue weighted by atomic mass is 19.3. The number of carbonyl (C=O) groups is 2. The largest absolute Gasteiger partial charge is 0.497 e. The topological polar surface area (TPSA) is 65.1 Å². The van der Waals surface area contributed by atoms with Gasteiger partial charge in [-0.15, -0.1) is 0 Å². The number of ether oxygens (including phenoxy) is 3. The molecular formula is C26H21F2NO5. The summed E-state index contributed by atoms with van der Waals surface area (Å²) in [6.45, 7) is -2.92. The van der Waals surface area contributed by atoms with Crippen LogP contribution in [0.25, 0.3) is 11.6 Å². The molecule has 0 radical (unpaired) electrons. The van der Waals surface area contributed by atoms with Crippen LogP contribution in [0.4, 0.5) is 8.78 Å². The molecule has 0 saturated carbocycles. The maximum absolute atomic E-state index is 13.5. The summed E-state index contributed by atoms with van der Waals surface area (Å²) in [4.78, 5) is 27.8. The zero-order valence-electron chi connectivity index (χ0n) is 18.5. The Labute approximate surface area is 195 Å². The van der Waals surface area contributed by atoms with Crippen molar-refractivity contribution in [2.75, 3.05) is 14.2 Å². The summed E-state index contributed by atoms with van der Waals surface area (Å²) in [6, 6.07) is 18.3. The molecule has 34 heavy (non-hydrogen) atoms. The number of methoxy groups -OCH3 is 2. The number of fused-ring (bicyclic) bond motifs is 1. The average Bonchev–Trinajstić information content (AvgIpc) is 2.85. The normalized spacial score (nSPS) is 14.4. The van der Waals surface area contributed by atoms with Crippen LogP contribution in [0.2, 0.25) is 0 Å².